The van der Waals surface area contributed by atoms with Crippen molar-refractivity contribution in [3.05, 3.63) is 29.8 Å². The van der Waals surface area contributed by atoms with Crippen molar-refractivity contribution >= 4 is 15.8 Å². The topological polar surface area (TPSA) is 69.7 Å². The van der Waals surface area contributed by atoms with Crippen LogP contribution >= 0.6 is 0 Å². The van der Waals surface area contributed by atoms with Crippen molar-refractivity contribution in [1.29, 1.82) is 0 Å². The van der Waals surface area contributed by atoms with Gasteiger partial charge in [0.25, 0.3) is 0 Å². The molecule has 0 amide bonds. The molecule has 1 fully saturated rings. The fourth-order valence-electron chi connectivity index (χ4n) is 3.09. The van der Waals surface area contributed by atoms with E-state index in [-0.39, 0.29) is 16.7 Å². The lowest BCUT2D eigenvalue weighted by molar-refractivity contribution is 0.0905. The number of nitrogens with one attached hydrogen (secondary N) is 1. The normalized spacial score (nSPS) is 18.4. The third-order valence-corrected chi connectivity index (χ3v) is 6.27. The Kier molecular flexibility index (Phi) is 6.73. The van der Waals surface area contributed by atoms with Crippen LogP contribution in [0.4, 0.5) is 0 Å². The predicted molar refractivity (Wildman–Crippen MR) is 99.3 cm³/mol. The Balaban J connectivity index is 2.04. The van der Waals surface area contributed by atoms with E-state index in [9.17, 15) is 13.2 Å². The number of ketones is 1. The molecule has 0 aliphatic carbocycles. The van der Waals surface area contributed by atoms with Gasteiger partial charge in [-0.15, -0.1) is 0 Å². The number of carbonyl (C=O) groups is 1. The summed E-state index contributed by atoms with van der Waals surface area (Å²) in [6.45, 7) is 10.0. The van der Waals surface area contributed by atoms with Gasteiger partial charge in [0, 0.05) is 44.3 Å². The van der Waals surface area contributed by atoms with Gasteiger partial charge in [0.2, 0.25) is 10.0 Å². The molecule has 0 aromatic heterocycles. The molecular weight excluding hydrogens is 338 g/mol. The maximum absolute atomic E-state index is 12.6. The molecule has 140 valence electrons. The van der Waals surface area contributed by atoms with Gasteiger partial charge in [0.05, 0.1) is 4.90 Å². The van der Waals surface area contributed by atoms with Crippen LogP contribution in [0.25, 0.3) is 0 Å². The molecule has 25 heavy (non-hydrogen) atoms. The molecule has 1 atom stereocenters. The Labute approximate surface area is 151 Å². The Hall–Kier alpha value is -1.28. The minimum Gasteiger partial charge on any atom is -0.304 e. The van der Waals surface area contributed by atoms with Gasteiger partial charge in [-0.3, -0.25) is 9.69 Å². The molecule has 1 aromatic carbocycles. The number of hydrogen-bond donors (Lipinski definition) is 1. The van der Waals surface area contributed by atoms with Gasteiger partial charge in [-0.2, -0.15) is 0 Å². The third-order valence-electron chi connectivity index (χ3n) is 4.83. The van der Waals surface area contributed by atoms with Gasteiger partial charge in [-0.1, -0.05) is 26.0 Å². The minimum absolute atomic E-state index is 0.0770. The molecule has 1 aliphatic rings. The summed E-state index contributed by atoms with van der Waals surface area (Å²) in [4.78, 5) is 16.2. The number of hydrogen-bond acceptors (Lipinski definition) is 5. The molecule has 0 saturated carbocycles. The quantitative estimate of drug-likeness (QED) is 0.739. The number of benzene rings is 1. The second-order valence-electron chi connectivity index (χ2n) is 7.08. The summed E-state index contributed by atoms with van der Waals surface area (Å²) in [5.41, 5.74) is 0.511. The van der Waals surface area contributed by atoms with E-state index in [0.717, 1.165) is 26.2 Å². The van der Waals surface area contributed by atoms with E-state index in [2.05, 4.69) is 35.4 Å². The van der Waals surface area contributed by atoms with Crippen molar-refractivity contribution in [1.82, 2.24) is 14.5 Å². The Bertz CT molecular complexity index is 678. The van der Waals surface area contributed by atoms with E-state index in [4.69, 9.17) is 0 Å². The first-order valence-corrected chi connectivity index (χ1v) is 10.2. The van der Waals surface area contributed by atoms with Gasteiger partial charge in [-0.25, -0.2) is 13.1 Å². The standard InChI is InChI=1S/C18H29N3O3S/c1-14(2)18(21-11-9-20(4)10-12-21)13-19-25(23,24)17-7-5-16(6-8-17)15(3)22/h5-8,14,18-19H,9-13H2,1-4H3. The summed E-state index contributed by atoms with van der Waals surface area (Å²) in [6, 6.07) is 6.24. The van der Waals surface area contributed by atoms with Gasteiger partial charge in [0.1, 0.15) is 0 Å². The summed E-state index contributed by atoms with van der Waals surface area (Å²) >= 11 is 0. The highest BCUT2D eigenvalue weighted by atomic mass is 32.2. The maximum atomic E-state index is 12.6. The van der Waals surface area contributed by atoms with Crippen molar-refractivity contribution in [3.8, 4) is 0 Å². The second kappa shape index (κ2) is 8.40. The Morgan fingerprint density at radius 3 is 2.16 bits per heavy atom. The van der Waals surface area contributed by atoms with E-state index in [1.54, 1.807) is 12.1 Å². The first-order valence-electron chi connectivity index (χ1n) is 8.74. The Morgan fingerprint density at radius 1 is 1.12 bits per heavy atom. The van der Waals surface area contributed by atoms with E-state index < -0.39 is 10.0 Å². The largest absolute Gasteiger partial charge is 0.304 e. The summed E-state index contributed by atoms with van der Waals surface area (Å²) < 4.78 is 27.9. The molecule has 1 unspecified atom stereocenters. The summed E-state index contributed by atoms with van der Waals surface area (Å²) in [6.07, 6.45) is 0. The molecule has 7 heteroatoms. The van der Waals surface area contributed by atoms with E-state index >= 15 is 0 Å². The van der Waals surface area contributed by atoms with Crippen LogP contribution in [0.1, 0.15) is 31.1 Å². The Morgan fingerprint density at radius 2 is 1.68 bits per heavy atom. The van der Waals surface area contributed by atoms with E-state index in [1.807, 2.05) is 0 Å². The zero-order valence-electron chi connectivity index (χ0n) is 15.5. The van der Waals surface area contributed by atoms with Crippen LogP contribution in [-0.4, -0.2) is 69.8 Å². The number of likely N-dealkylation sites (N-methyl/N-ethyl adjacent to an activating group) is 1. The lowest BCUT2D eigenvalue weighted by Crippen LogP contribution is -2.54. The molecule has 1 N–H and O–H groups in total. The average Bonchev–Trinajstić information content (AvgIpc) is 2.56. The van der Waals surface area contributed by atoms with Crippen LogP contribution < -0.4 is 4.72 Å². The molecule has 0 spiro atoms. The maximum Gasteiger partial charge on any atom is 0.240 e. The van der Waals surface area contributed by atoms with Crippen molar-refractivity contribution in [3.63, 3.8) is 0 Å². The number of sulfonamides is 1. The fourth-order valence-corrected chi connectivity index (χ4v) is 4.14. The first-order chi connectivity index (χ1) is 11.7. The van der Waals surface area contributed by atoms with Crippen molar-refractivity contribution < 1.29 is 13.2 Å². The highest BCUT2D eigenvalue weighted by Crippen LogP contribution is 2.15. The second-order valence-corrected chi connectivity index (χ2v) is 8.85. The molecule has 1 heterocycles. The number of piperazine rings is 1. The van der Waals surface area contributed by atoms with Crippen LogP contribution in [0.15, 0.2) is 29.2 Å². The highest BCUT2D eigenvalue weighted by Gasteiger charge is 2.26. The lowest BCUT2D eigenvalue weighted by atomic mass is 10.0. The zero-order chi connectivity index (χ0) is 18.6. The minimum atomic E-state index is -3.58. The number of rotatable bonds is 7. The molecule has 0 radical (unpaired) electrons. The van der Waals surface area contributed by atoms with Gasteiger partial charge in [0.15, 0.2) is 5.78 Å². The van der Waals surface area contributed by atoms with Crippen LogP contribution in [0, 0.1) is 5.92 Å². The van der Waals surface area contributed by atoms with E-state index in [1.165, 1.54) is 19.1 Å². The van der Waals surface area contributed by atoms with Gasteiger partial charge in [-0.05, 0) is 32.0 Å². The zero-order valence-corrected chi connectivity index (χ0v) is 16.3. The number of Topliss-reactive ketones (excluding diaryl/α,β-unsaturated/α-hetero) is 1. The van der Waals surface area contributed by atoms with Gasteiger partial charge < -0.3 is 4.90 Å². The summed E-state index contributed by atoms with van der Waals surface area (Å²) in [5.74, 6) is 0.276. The molecule has 6 nitrogen and oxygen atoms in total. The van der Waals surface area contributed by atoms with Crippen LogP contribution in [0.3, 0.4) is 0 Å². The van der Waals surface area contributed by atoms with Crippen molar-refractivity contribution in [2.75, 3.05) is 39.8 Å². The number of carbonyl (C=O) groups excluding carboxylic acids is 1. The van der Waals surface area contributed by atoms with Crippen molar-refractivity contribution in [2.24, 2.45) is 5.92 Å². The summed E-state index contributed by atoms with van der Waals surface area (Å²) in [7, 11) is -1.47. The monoisotopic (exact) mass is 367 g/mol. The van der Waals surface area contributed by atoms with Crippen LogP contribution in [0.5, 0.6) is 0 Å². The van der Waals surface area contributed by atoms with E-state index in [0.29, 0.717) is 18.0 Å². The highest BCUT2D eigenvalue weighted by molar-refractivity contribution is 7.89. The van der Waals surface area contributed by atoms with Crippen molar-refractivity contribution in [2.45, 2.75) is 31.7 Å². The molecule has 2 rings (SSSR count). The summed E-state index contributed by atoms with van der Waals surface area (Å²) in [5, 5.41) is 0. The molecular formula is C18H29N3O3S. The predicted octanol–water partition coefficient (Wildman–Crippen LogP) is 1.44. The smallest absolute Gasteiger partial charge is 0.240 e. The lowest BCUT2D eigenvalue weighted by Gasteiger charge is -2.39. The number of nitrogens with zero attached hydrogens (tertiary/aromatic N) is 2. The van der Waals surface area contributed by atoms with Gasteiger partial charge >= 0.3 is 0 Å². The van der Waals surface area contributed by atoms with Crippen LogP contribution in [-0.2, 0) is 10.0 Å². The molecule has 1 aromatic rings. The molecule has 0 bridgehead atoms. The van der Waals surface area contributed by atoms with Crippen LogP contribution in [0.2, 0.25) is 0 Å². The fraction of sp³-hybridized carbons (Fsp3) is 0.611. The third kappa shape index (κ3) is 5.34. The SMILES string of the molecule is CC(=O)c1ccc(S(=O)(=O)NCC(C(C)C)N2CCN(C)CC2)cc1. The molecule has 1 aliphatic heterocycles. The molecule has 1 saturated heterocycles. The average molecular weight is 368 g/mol. The first kappa shape index (κ1) is 20.0.